The van der Waals surface area contributed by atoms with Crippen LogP contribution in [-0.2, 0) is 28.6 Å². The largest absolute Gasteiger partial charge is 0.462 e. The number of esters is 3. The van der Waals surface area contributed by atoms with Gasteiger partial charge in [-0.3, -0.25) is 14.4 Å². The van der Waals surface area contributed by atoms with Crippen LogP contribution in [-0.4, -0.2) is 37.2 Å². The Labute approximate surface area is 486 Å². The van der Waals surface area contributed by atoms with Gasteiger partial charge >= 0.3 is 17.9 Å². The number of hydrogen-bond donors (Lipinski definition) is 0. The first kappa shape index (κ1) is 74.0. The molecule has 0 aliphatic heterocycles. The van der Waals surface area contributed by atoms with Crippen LogP contribution in [0.25, 0.3) is 0 Å². The van der Waals surface area contributed by atoms with E-state index in [9.17, 15) is 14.4 Å². The Morgan fingerprint density at radius 1 is 0.266 bits per heavy atom. The molecule has 0 saturated carbocycles. The van der Waals surface area contributed by atoms with Crippen molar-refractivity contribution in [2.24, 2.45) is 0 Å². The Morgan fingerprint density at radius 3 is 0.785 bits per heavy atom. The molecule has 444 valence electrons. The third kappa shape index (κ3) is 63.7. The van der Waals surface area contributed by atoms with E-state index in [1.54, 1.807) is 0 Å². The van der Waals surface area contributed by atoms with Crippen LogP contribution in [0.4, 0.5) is 0 Å². The molecule has 6 heteroatoms. The second kappa shape index (κ2) is 65.5. The fourth-order valence-corrected chi connectivity index (χ4v) is 8.27. The molecule has 0 spiro atoms. The molecule has 0 fully saturated rings. The van der Waals surface area contributed by atoms with Crippen molar-refractivity contribution in [2.45, 2.75) is 271 Å². The fraction of sp³-hybridized carbons (Fsp3) is 0.603. The number of carbonyl (C=O) groups is 3. The Morgan fingerprint density at radius 2 is 0.494 bits per heavy atom. The lowest BCUT2D eigenvalue weighted by Gasteiger charge is -2.18. The third-order valence-electron chi connectivity index (χ3n) is 13.0. The molecule has 0 aromatic carbocycles. The minimum absolute atomic E-state index is 0.107. The van der Waals surface area contributed by atoms with E-state index in [4.69, 9.17) is 14.2 Å². The van der Waals surface area contributed by atoms with Crippen LogP contribution >= 0.6 is 0 Å². The van der Waals surface area contributed by atoms with Gasteiger partial charge < -0.3 is 14.2 Å². The molecule has 79 heavy (non-hydrogen) atoms. The van der Waals surface area contributed by atoms with Gasteiger partial charge in [0.05, 0.1) is 0 Å². The molecule has 0 aromatic heterocycles. The first-order chi connectivity index (χ1) is 39.0. The summed E-state index contributed by atoms with van der Waals surface area (Å²) in [6.07, 6.45) is 95.3. The smallest absolute Gasteiger partial charge is 0.306 e. The number of allylic oxidation sites excluding steroid dienone is 26. The number of ether oxygens (including phenoxy) is 3. The molecule has 0 amide bonds. The molecule has 0 rings (SSSR count). The monoisotopic (exact) mass is 1090 g/mol. The molecule has 1 atom stereocenters. The second-order valence-electron chi connectivity index (χ2n) is 20.5. The summed E-state index contributed by atoms with van der Waals surface area (Å²) < 4.78 is 16.9. The van der Waals surface area contributed by atoms with Crippen molar-refractivity contribution in [1.29, 1.82) is 0 Å². The van der Waals surface area contributed by atoms with Gasteiger partial charge in [-0.2, -0.15) is 0 Å². The van der Waals surface area contributed by atoms with E-state index < -0.39 is 6.10 Å². The maximum absolute atomic E-state index is 12.9. The Bertz CT molecular complexity index is 1780. The maximum Gasteiger partial charge on any atom is 0.306 e. The standard InChI is InChI=1S/C73H116O6/c1-4-7-10-13-16-19-22-25-28-30-31-32-33-34-35-36-37-38-39-40-41-43-45-48-51-54-57-60-63-66-72(75)78-69-70(68-77-71(74)65-62-59-56-53-50-47-44-27-24-21-18-15-12-9-6-3)79-73(76)67-64-61-58-55-52-49-46-42-29-26-23-20-17-14-11-8-5-2/h7-8,10-11,16-17,19-20,25-29,31-32,34-35,37-38,40-41,44-46,48-49,70H,4-6,9,12-15,18,21-24,30,33,36,39,42-43,47,50-69H2,1-3H3/b10-7-,11-8-,19-16-,20-17-,28-25-,29-26-,32-31-,35-34-,38-37-,41-40-,44-27-,48-45-,49-46-. The molecular weight excluding hydrogens is 973 g/mol. The highest BCUT2D eigenvalue weighted by molar-refractivity contribution is 5.71. The second-order valence-corrected chi connectivity index (χ2v) is 20.5. The highest BCUT2D eigenvalue weighted by Crippen LogP contribution is 2.14. The van der Waals surface area contributed by atoms with Crippen molar-refractivity contribution in [3.05, 3.63) is 158 Å². The van der Waals surface area contributed by atoms with Gasteiger partial charge in [0.15, 0.2) is 6.10 Å². The van der Waals surface area contributed by atoms with E-state index in [1.165, 1.54) is 51.4 Å². The van der Waals surface area contributed by atoms with Crippen molar-refractivity contribution in [1.82, 2.24) is 0 Å². The van der Waals surface area contributed by atoms with Crippen LogP contribution in [0.2, 0.25) is 0 Å². The summed E-state index contributed by atoms with van der Waals surface area (Å²) in [5, 5.41) is 0. The van der Waals surface area contributed by atoms with Crippen LogP contribution in [0.3, 0.4) is 0 Å². The van der Waals surface area contributed by atoms with Gasteiger partial charge in [-0.25, -0.2) is 0 Å². The first-order valence-electron chi connectivity index (χ1n) is 32.0. The molecule has 0 aliphatic carbocycles. The summed E-state index contributed by atoms with van der Waals surface area (Å²) in [6.45, 7) is 6.36. The first-order valence-corrected chi connectivity index (χ1v) is 32.0. The number of unbranched alkanes of at least 4 members (excludes halogenated alkanes) is 19. The number of hydrogen-bond acceptors (Lipinski definition) is 6. The zero-order valence-electron chi connectivity index (χ0n) is 50.8. The predicted octanol–water partition coefficient (Wildman–Crippen LogP) is 22.1. The number of carbonyl (C=O) groups excluding carboxylic acids is 3. The molecule has 0 saturated heterocycles. The summed E-state index contributed by atoms with van der Waals surface area (Å²) >= 11 is 0. The SMILES string of the molecule is CC/C=C\C/C=C\C/C=C\C/C=C\C/C=C\C/C=C\C/C=C\C/C=C\CCCCCCC(=O)OCC(COC(=O)CCCCCCC/C=C\CCCCCCCC)OC(=O)CCCCCC/C=C\C/C=C\C/C=C\C/C=C\CC. The van der Waals surface area contributed by atoms with E-state index in [2.05, 4.69) is 179 Å². The van der Waals surface area contributed by atoms with Gasteiger partial charge in [-0.15, -0.1) is 0 Å². The Hall–Kier alpha value is -4.97. The van der Waals surface area contributed by atoms with E-state index in [-0.39, 0.29) is 37.5 Å². The van der Waals surface area contributed by atoms with Crippen molar-refractivity contribution in [3.8, 4) is 0 Å². The van der Waals surface area contributed by atoms with Crippen LogP contribution in [0.5, 0.6) is 0 Å². The topological polar surface area (TPSA) is 78.9 Å². The minimum atomic E-state index is -0.814. The molecule has 0 heterocycles. The maximum atomic E-state index is 12.9. The molecule has 0 aliphatic rings. The van der Waals surface area contributed by atoms with E-state index in [0.29, 0.717) is 12.8 Å². The third-order valence-corrected chi connectivity index (χ3v) is 13.0. The lowest BCUT2D eigenvalue weighted by Crippen LogP contribution is -2.30. The summed E-state index contributed by atoms with van der Waals surface area (Å²) in [5.74, 6) is -0.967. The van der Waals surface area contributed by atoms with E-state index in [1.807, 2.05) is 0 Å². The summed E-state index contributed by atoms with van der Waals surface area (Å²) in [4.78, 5) is 38.3. The van der Waals surface area contributed by atoms with Gasteiger partial charge in [0.1, 0.15) is 13.2 Å². The Balaban J connectivity index is 4.46. The fourth-order valence-electron chi connectivity index (χ4n) is 8.27. The van der Waals surface area contributed by atoms with Gasteiger partial charge in [0, 0.05) is 19.3 Å². The lowest BCUT2D eigenvalue weighted by atomic mass is 10.1. The van der Waals surface area contributed by atoms with E-state index >= 15 is 0 Å². The molecule has 1 unspecified atom stereocenters. The summed E-state index contributed by atoms with van der Waals surface area (Å²) in [5.41, 5.74) is 0. The van der Waals surface area contributed by atoms with Crippen LogP contribution in [0, 0.1) is 0 Å². The summed E-state index contributed by atoms with van der Waals surface area (Å²) in [7, 11) is 0. The van der Waals surface area contributed by atoms with Crippen molar-refractivity contribution >= 4 is 17.9 Å². The van der Waals surface area contributed by atoms with Crippen LogP contribution in [0.1, 0.15) is 265 Å². The zero-order valence-corrected chi connectivity index (χ0v) is 50.8. The van der Waals surface area contributed by atoms with Crippen molar-refractivity contribution in [2.75, 3.05) is 13.2 Å². The quantitative estimate of drug-likeness (QED) is 0.0261. The van der Waals surface area contributed by atoms with Crippen molar-refractivity contribution < 1.29 is 28.6 Å². The zero-order chi connectivity index (χ0) is 57.1. The molecular formula is C73H116O6. The molecule has 0 radical (unpaired) electrons. The predicted molar refractivity (Wildman–Crippen MR) is 343 cm³/mol. The lowest BCUT2D eigenvalue weighted by molar-refractivity contribution is -0.167. The van der Waals surface area contributed by atoms with E-state index in [0.717, 1.165) is 173 Å². The van der Waals surface area contributed by atoms with Crippen molar-refractivity contribution in [3.63, 3.8) is 0 Å². The Kier molecular flexibility index (Phi) is 61.4. The van der Waals surface area contributed by atoms with Gasteiger partial charge in [0.2, 0.25) is 0 Å². The van der Waals surface area contributed by atoms with Crippen LogP contribution < -0.4 is 0 Å². The normalized spacial score (nSPS) is 13.2. The molecule has 6 nitrogen and oxygen atoms in total. The average molecular weight is 1090 g/mol. The highest BCUT2D eigenvalue weighted by atomic mass is 16.6. The molecule has 0 N–H and O–H groups in total. The highest BCUT2D eigenvalue weighted by Gasteiger charge is 2.19. The number of rotatable bonds is 56. The van der Waals surface area contributed by atoms with Crippen LogP contribution in [0.15, 0.2) is 158 Å². The average Bonchev–Trinajstić information content (AvgIpc) is 3.45. The summed E-state index contributed by atoms with van der Waals surface area (Å²) in [6, 6.07) is 0. The van der Waals surface area contributed by atoms with Gasteiger partial charge in [0.25, 0.3) is 0 Å². The molecule has 0 aromatic rings. The van der Waals surface area contributed by atoms with Gasteiger partial charge in [-0.05, 0) is 148 Å². The molecule has 0 bridgehead atoms. The van der Waals surface area contributed by atoms with Gasteiger partial charge in [-0.1, -0.05) is 256 Å². The minimum Gasteiger partial charge on any atom is -0.462 e.